The molecule has 0 aromatic heterocycles. The normalized spacial score (nSPS) is 11.8. The van der Waals surface area contributed by atoms with E-state index in [2.05, 4.69) is 5.32 Å². The van der Waals surface area contributed by atoms with Crippen molar-refractivity contribution in [3.8, 4) is 11.5 Å². The fourth-order valence-corrected chi connectivity index (χ4v) is 2.13. The van der Waals surface area contributed by atoms with Crippen LogP contribution in [0.25, 0.3) is 0 Å². The number of carbonyl (C=O) groups is 1. The van der Waals surface area contributed by atoms with Crippen LogP contribution in [0.5, 0.6) is 11.5 Å². The van der Waals surface area contributed by atoms with Crippen LogP contribution in [0.15, 0.2) is 48.5 Å². The molecule has 0 fully saturated rings. The van der Waals surface area contributed by atoms with Gasteiger partial charge in [0.2, 0.25) is 5.91 Å². The van der Waals surface area contributed by atoms with Gasteiger partial charge in [0.15, 0.2) is 5.75 Å². The zero-order valence-corrected chi connectivity index (χ0v) is 13.0. The van der Waals surface area contributed by atoms with Gasteiger partial charge >= 0.3 is 0 Å². The lowest BCUT2D eigenvalue weighted by atomic mass is 10.1. The Balaban J connectivity index is 2.15. The molecular weight excluding hydrogens is 276 g/mol. The molecule has 0 heterocycles. The minimum absolute atomic E-state index is 0.192. The van der Waals surface area contributed by atoms with E-state index in [9.17, 15) is 4.79 Å². The van der Waals surface area contributed by atoms with E-state index >= 15 is 0 Å². The fourth-order valence-electron chi connectivity index (χ4n) is 2.13. The Bertz CT molecular complexity index is 640. The van der Waals surface area contributed by atoms with E-state index in [0.717, 1.165) is 17.7 Å². The van der Waals surface area contributed by atoms with Gasteiger partial charge in [-0.1, -0.05) is 37.6 Å². The van der Waals surface area contributed by atoms with Gasteiger partial charge in [0, 0.05) is 0 Å². The van der Waals surface area contributed by atoms with E-state index in [1.54, 1.807) is 0 Å². The van der Waals surface area contributed by atoms with Gasteiger partial charge in [-0.25, -0.2) is 0 Å². The molecule has 0 saturated heterocycles. The fraction of sp³-hybridized carbons (Fsp3) is 0.278. The summed E-state index contributed by atoms with van der Waals surface area (Å²) in [6.07, 6.45) is 1.53. The van der Waals surface area contributed by atoms with Crippen LogP contribution in [-0.4, -0.2) is 11.9 Å². The van der Waals surface area contributed by atoms with Crippen molar-refractivity contribution < 1.29 is 9.53 Å². The molecule has 1 unspecified atom stereocenters. The summed E-state index contributed by atoms with van der Waals surface area (Å²) >= 11 is 0. The van der Waals surface area contributed by atoms with E-state index in [4.69, 9.17) is 10.5 Å². The van der Waals surface area contributed by atoms with Gasteiger partial charge in [0.25, 0.3) is 0 Å². The summed E-state index contributed by atoms with van der Waals surface area (Å²) in [7, 11) is 0. The SMILES string of the molecule is CCCC(N)C(=O)Nc1ccccc1Oc1cccc(C)c1. The highest BCUT2D eigenvalue weighted by molar-refractivity contribution is 5.95. The number of benzene rings is 2. The highest BCUT2D eigenvalue weighted by Crippen LogP contribution is 2.29. The van der Waals surface area contributed by atoms with Crippen molar-refractivity contribution in [2.75, 3.05) is 5.32 Å². The number of aryl methyl sites for hydroxylation is 1. The molecule has 0 aliphatic heterocycles. The summed E-state index contributed by atoms with van der Waals surface area (Å²) < 4.78 is 5.88. The predicted octanol–water partition coefficient (Wildman–Crippen LogP) is 3.85. The Kier molecular flexibility index (Phi) is 5.55. The van der Waals surface area contributed by atoms with Crippen molar-refractivity contribution in [1.82, 2.24) is 0 Å². The second kappa shape index (κ2) is 7.61. The molecule has 22 heavy (non-hydrogen) atoms. The molecule has 1 amide bonds. The number of anilines is 1. The summed E-state index contributed by atoms with van der Waals surface area (Å²) in [5.74, 6) is 1.15. The Labute approximate surface area is 131 Å². The highest BCUT2D eigenvalue weighted by atomic mass is 16.5. The molecule has 4 heteroatoms. The predicted molar refractivity (Wildman–Crippen MR) is 89.2 cm³/mol. The first-order valence-electron chi connectivity index (χ1n) is 7.50. The lowest BCUT2D eigenvalue weighted by molar-refractivity contribution is -0.117. The van der Waals surface area contributed by atoms with Crippen LogP contribution in [0.2, 0.25) is 0 Å². The molecule has 0 radical (unpaired) electrons. The first-order valence-corrected chi connectivity index (χ1v) is 7.50. The largest absolute Gasteiger partial charge is 0.455 e. The van der Waals surface area contributed by atoms with Crippen LogP contribution in [0.1, 0.15) is 25.3 Å². The molecule has 1 atom stereocenters. The topological polar surface area (TPSA) is 64.4 Å². The second-order valence-corrected chi connectivity index (χ2v) is 5.30. The Morgan fingerprint density at radius 2 is 2.00 bits per heavy atom. The molecule has 0 aliphatic rings. The molecular formula is C18H22N2O2. The quantitative estimate of drug-likeness (QED) is 0.851. The van der Waals surface area contributed by atoms with Crippen LogP contribution in [0, 0.1) is 6.92 Å². The van der Waals surface area contributed by atoms with E-state index in [-0.39, 0.29) is 5.91 Å². The highest BCUT2D eigenvalue weighted by Gasteiger charge is 2.14. The lowest BCUT2D eigenvalue weighted by Crippen LogP contribution is -2.35. The molecule has 116 valence electrons. The van der Waals surface area contributed by atoms with Crippen LogP contribution < -0.4 is 15.8 Å². The number of ether oxygens (including phenoxy) is 1. The third-order valence-corrected chi connectivity index (χ3v) is 3.30. The number of nitrogens with two attached hydrogens (primary N) is 1. The van der Waals surface area contributed by atoms with Crippen molar-refractivity contribution in [2.45, 2.75) is 32.7 Å². The van der Waals surface area contributed by atoms with Crippen LogP contribution >= 0.6 is 0 Å². The summed E-state index contributed by atoms with van der Waals surface area (Å²) in [6.45, 7) is 4.01. The number of carbonyl (C=O) groups excluding carboxylic acids is 1. The summed E-state index contributed by atoms with van der Waals surface area (Å²) in [6, 6.07) is 14.6. The number of rotatable bonds is 6. The minimum Gasteiger partial charge on any atom is -0.455 e. The van der Waals surface area contributed by atoms with Crippen LogP contribution in [0.3, 0.4) is 0 Å². The maximum Gasteiger partial charge on any atom is 0.241 e. The number of hydrogen-bond acceptors (Lipinski definition) is 3. The Morgan fingerprint density at radius 1 is 1.23 bits per heavy atom. The van der Waals surface area contributed by atoms with E-state index in [1.165, 1.54) is 0 Å². The smallest absolute Gasteiger partial charge is 0.241 e. The van der Waals surface area contributed by atoms with Crippen LogP contribution in [0.4, 0.5) is 5.69 Å². The average molecular weight is 298 g/mol. The summed E-state index contributed by atoms with van der Waals surface area (Å²) in [5, 5.41) is 2.84. The number of amides is 1. The van der Waals surface area contributed by atoms with Gasteiger partial charge in [-0.3, -0.25) is 4.79 Å². The van der Waals surface area contributed by atoms with Crippen molar-refractivity contribution >= 4 is 11.6 Å². The zero-order valence-electron chi connectivity index (χ0n) is 13.0. The summed E-state index contributed by atoms with van der Waals surface area (Å²) in [5.41, 5.74) is 7.59. The average Bonchev–Trinajstić information content (AvgIpc) is 2.49. The molecule has 2 rings (SSSR count). The van der Waals surface area contributed by atoms with Gasteiger partial charge in [0.05, 0.1) is 11.7 Å². The van der Waals surface area contributed by atoms with Gasteiger partial charge < -0.3 is 15.8 Å². The molecule has 4 nitrogen and oxygen atoms in total. The van der Waals surface area contributed by atoms with Crippen LogP contribution in [-0.2, 0) is 4.79 Å². The second-order valence-electron chi connectivity index (χ2n) is 5.30. The maximum atomic E-state index is 12.1. The first kappa shape index (κ1) is 16.0. The third-order valence-electron chi connectivity index (χ3n) is 3.30. The first-order chi connectivity index (χ1) is 10.6. The molecule has 2 aromatic carbocycles. The number of hydrogen-bond donors (Lipinski definition) is 2. The summed E-state index contributed by atoms with van der Waals surface area (Å²) in [4.78, 5) is 12.1. The lowest BCUT2D eigenvalue weighted by Gasteiger charge is -2.15. The molecule has 0 saturated carbocycles. The van der Waals surface area contributed by atoms with E-state index in [1.807, 2.05) is 62.4 Å². The van der Waals surface area contributed by atoms with Crippen molar-refractivity contribution in [3.05, 3.63) is 54.1 Å². The minimum atomic E-state index is -0.503. The molecule has 0 aliphatic carbocycles. The van der Waals surface area contributed by atoms with Gasteiger partial charge in [-0.15, -0.1) is 0 Å². The monoisotopic (exact) mass is 298 g/mol. The van der Waals surface area contributed by atoms with Gasteiger partial charge in [-0.05, 0) is 43.2 Å². The standard InChI is InChI=1S/C18H22N2O2/c1-3-7-15(19)18(21)20-16-10-4-5-11-17(16)22-14-9-6-8-13(2)12-14/h4-6,8-12,15H,3,7,19H2,1-2H3,(H,20,21). The number of nitrogens with one attached hydrogen (secondary N) is 1. The molecule has 0 spiro atoms. The Hall–Kier alpha value is -2.33. The molecule has 2 aromatic rings. The van der Waals surface area contributed by atoms with Crippen molar-refractivity contribution in [1.29, 1.82) is 0 Å². The molecule has 3 N–H and O–H groups in total. The number of para-hydroxylation sites is 2. The van der Waals surface area contributed by atoms with Gasteiger partial charge in [-0.2, -0.15) is 0 Å². The molecule has 0 bridgehead atoms. The van der Waals surface area contributed by atoms with Gasteiger partial charge in [0.1, 0.15) is 5.75 Å². The Morgan fingerprint density at radius 3 is 2.73 bits per heavy atom. The van der Waals surface area contributed by atoms with Crippen molar-refractivity contribution in [3.63, 3.8) is 0 Å². The van der Waals surface area contributed by atoms with Crippen molar-refractivity contribution in [2.24, 2.45) is 5.73 Å². The van der Waals surface area contributed by atoms with E-state index in [0.29, 0.717) is 17.9 Å². The maximum absolute atomic E-state index is 12.1. The third kappa shape index (κ3) is 4.33. The van der Waals surface area contributed by atoms with E-state index < -0.39 is 6.04 Å². The zero-order chi connectivity index (χ0) is 15.9.